The lowest BCUT2D eigenvalue weighted by molar-refractivity contribution is 0.0943. The Hall–Kier alpha value is -3.54. The zero-order chi connectivity index (χ0) is 18.5. The minimum atomic E-state index is -0.230. The molecule has 0 aliphatic heterocycles. The fourth-order valence-electron chi connectivity index (χ4n) is 3.02. The summed E-state index contributed by atoms with van der Waals surface area (Å²) in [7, 11) is 0. The molecule has 0 radical (unpaired) electrons. The molecule has 0 spiro atoms. The van der Waals surface area contributed by atoms with Gasteiger partial charge in [0.05, 0.1) is 12.8 Å². The fraction of sp³-hybridized carbons (Fsp3) is 0.143. The van der Waals surface area contributed by atoms with Crippen LogP contribution in [0.25, 0.3) is 10.9 Å². The normalized spacial score (nSPS) is 10.8. The van der Waals surface area contributed by atoms with Crippen molar-refractivity contribution < 1.29 is 9.21 Å². The Balaban J connectivity index is 1.34. The molecule has 3 heterocycles. The van der Waals surface area contributed by atoms with Crippen molar-refractivity contribution >= 4 is 22.5 Å². The Morgan fingerprint density at radius 2 is 2.07 bits per heavy atom. The van der Waals surface area contributed by atoms with Crippen LogP contribution >= 0.6 is 0 Å². The van der Waals surface area contributed by atoms with E-state index in [0.29, 0.717) is 18.0 Å². The molecule has 6 heteroatoms. The van der Waals surface area contributed by atoms with Gasteiger partial charge in [0.1, 0.15) is 11.5 Å². The maximum Gasteiger partial charge on any atom is 0.270 e. The molecule has 0 unspecified atom stereocenters. The molecule has 136 valence electrons. The summed E-state index contributed by atoms with van der Waals surface area (Å²) >= 11 is 0. The molecule has 3 aromatic heterocycles. The number of benzene rings is 1. The standard InChI is InChI=1S/C21H20N4O2/c26-21(25-14-17-4-3-11-27-17)20-12-16(8-10-23-20)22-9-7-15-13-24-19-6-2-1-5-18(15)19/h1-6,8,10-13,24H,7,9,14H2,(H,22,23)(H,25,26). The number of carbonyl (C=O) groups excluding carboxylic acids is 1. The van der Waals surface area contributed by atoms with E-state index in [0.717, 1.165) is 24.2 Å². The van der Waals surface area contributed by atoms with Crippen LogP contribution in [0.1, 0.15) is 21.8 Å². The lowest BCUT2D eigenvalue weighted by Gasteiger charge is -2.08. The van der Waals surface area contributed by atoms with Gasteiger partial charge in [0, 0.05) is 35.5 Å². The third-order valence-corrected chi connectivity index (χ3v) is 4.39. The predicted molar refractivity (Wildman–Crippen MR) is 105 cm³/mol. The van der Waals surface area contributed by atoms with Crippen LogP contribution < -0.4 is 10.6 Å². The second kappa shape index (κ2) is 7.78. The average molecular weight is 360 g/mol. The highest BCUT2D eigenvalue weighted by Crippen LogP contribution is 2.18. The van der Waals surface area contributed by atoms with Crippen molar-refractivity contribution in [1.29, 1.82) is 0 Å². The highest BCUT2D eigenvalue weighted by Gasteiger charge is 2.09. The lowest BCUT2D eigenvalue weighted by Crippen LogP contribution is -2.23. The van der Waals surface area contributed by atoms with Crippen molar-refractivity contribution in [2.75, 3.05) is 11.9 Å². The quantitative estimate of drug-likeness (QED) is 0.469. The zero-order valence-corrected chi connectivity index (χ0v) is 14.7. The Bertz CT molecular complexity index is 1040. The summed E-state index contributed by atoms with van der Waals surface area (Å²) in [6.45, 7) is 1.10. The summed E-state index contributed by atoms with van der Waals surface area (Å²) in [6, 6.07) is 15.5. The van der Waals surface area contributed by atoms with Crippen LogP contribution in [0.2, 0.25) is 0 Å². The lowest BCUT2D eigenvalue weighted by atomic mass is 10.1. The molecule has 0 aliphatic rings. The SMILES string of the molecule is O=C(NCc1ccco1)c1cc(NCCc2c[nH]c3ccccc23)ccn1. The molecule has 0 atom stereocenters. The number of anilines is 1. The van der Waals surface area contributed by atoms with Crippen LogP contribution in [0.3, 0.4) is 0 Å². The Morgan fingerprint density at radius 3 is 2.96 bits per heavy atom. The van der Waals surface area contributed by atoms with Crippen molar-refractivity contribution in [2.45, 2.75) is 13.0 Å². The van der Waals surface area contributed by atoms with Gasteiger partial charge >= 0.3 is 0 Å². The molecule has 0 saturated heterocycles. The number of nitrogens with one attached hydrogen (secondary N) is 3. The first-order valence-electron chi connectivity index (χ1n) is 8.85. The topological polar surface area (TPSA) is 83.0 Å². The number of rotatable bonds is 7. The van der Waals surface area contributed by atoms with Crippen molar-refractivity contribution in [3.05, 3.63) is 84.2 Å². The number of H-pyrrole nitrogens is 1. The van der Waals surface area contributed by atoms with Crippen LogP contribution in [-0.4, -0.2) is 22.4 Å². The van der Waals surface area contributed by atoms with Gasteiger partial charge in [-0.25, -0.2) is 0 Å². The van der Waals surface area contributed by atoms with Crippen molar-refractivity contribution in [1.82, 2.24) is 15.3 Å². The molecule has 0 aliphatic carbocycles. The number of para-hydroxylation sites is 1. The van der Waals surface area contributed by atoms with Gasteiger partial charge in [0.15, 0.2) is 0 Å². The molecular weight excluding hydrogens is 340 g/mol. The van der Waals surface area contributed by atoms with Gasteiger partial charge in [0.2, 0.25) is 0 Å². The van der Waals surface area contributed by atoms with E-state index < -0.39 is 0 Å². The second-order valence-electron chi connectivity index (χ2n) is 6.23. The predicted octanol–water partition coefficient (Wildman–Crippen LogP) is 3.74. The molecule has 0 bridgehead atoms. The molecular formula is C21H20N4O2. The molecule has 3 N–H and O–H groups in total. The summed E-state index contributed by atoms with van der Waals surface area (Å²) in [4.78, 5) is 19.7. The molecule has 4 aromatic rings. The van der Waals surface area contributed by atoms with Gasteiger partial charge in [-0.3, -0.25) is 9.78 Å². The average Bonchev–Trinajstić information content (AvgIpc) is 3.37. The molecule has 0 saturated carbocycles. The van der Waals surface area contributed by atoms with Crippen LogP contribution in [0.5, 0.6) is 0 Å². The maximum absolute atomic E-state index is 12.3. The van der Waals surface area contributed by atoms with Crippen LogP contribution in [-0.2, 0) is 13.0 Å². The minimum absolute atomic E-state index is 0.230. The smallest absolute Gasteiger partial charge is 0.270 e. The summed E-state index contributed by atoms with van der Waals surface area (Å²) in [5.41, 5.74) is 3.65. The first-order valence-corrected chi connectivity index (χ1v) is 8.85. The van der Waals surface area contributed by atoms with E-state index in [9.17, 15) is 4.79 Å². The van der Waals surface area contributed by atoms with E-state index in [-0.39, 0.29) is 5.91 Å². The first kappa shape index (κ1) is 16.9. The van der Waals surface area contributed by atoms with Gasteiger partial charge in [-0.05, 0) is 42.3 Å². The van der Waals surface area contributed by atoms with Gasteiger partial charge in [-0.15, -0.1) is 0 Å². The van der Waals surface area contributed by atoms with Gasteiger partial charge < -0.3 is 20.0 Å². The van der Waals surface area contributed by atoms with E-state index in [4.69, 9.17) is 4.42 Å². The number of hydrogen-bond donors (Lipinski definition) is 3. The van der Waals surface area contributed by atoms with E-state index in [1.807, 2.05) is 30.5 Å². The van der Waals surface area contributed by atoms with Gasteiger partial charge in [0.25, 0.3) is 5.91 Å². The van der Waals surface area contributed by atoms with Crippen LogP contribution in [0.4, 0.5) is 5.69 Å². The number of amides is 1. The number of hydrogen-bond acceptors (Lipinski definition) is 4. The Morgan fingerprint density at radius 1 is 1.15 bits per heavy atom. The van der Waals surface area contributed by atoms with Crippen LogP contribution in [0, 0.1) is 0 Å². The maximum atomic E-state index is 12.3. The highest BCUT2D eigenvalue weighted by atomic mass is 16.3. The zero-order valence-electron chi connectivity index (χ0n) is 14.7. The third-order valence-electron chi connectivity index (χ3n) is 4.39. The van der Waals surface area contributed by atoms with Crippen molar-refractivity contribution in [3.63, 3.8) is 0 Å². The fourth-order valence-corrected chi connectivity index (χ4v) is 3.02. The molecule has 0 fully saturated rings. The van der Waals surface area contributed by atoms with E-state index in [1.54, 1.807) is 24.6 Å². The molecule has 1 aromatic carbocycles. The summed E-state index contributed by atoms with van der Waals surface area (Å²) in [5.74, 6) is 0.475. The number of nitrogens with zero attached hydrogens (tertiary/aromatic N) is 1. The van der Waals surface area contributed by atoms with E-state index in [1.165, 1.54) is 10.9 Å². The van der Waals surface area contributed by atoms with Crippen LogP contribution in [0.15, 0.2) is 71.6 Å². The first-order chi connectivity index (χ1) is 13.3. The number of fused-ring (bicyclic) bond motifs is 1. The Kier molecular flexibility index (Phi) is 4.87. The molecule has 27 heavy (non-hydrogen) atoms. The molecule has 6 nitrogen and oxygen atoms in total. The van der Waals surface area contributed by atoms with E-state index in [2.05, 4.69) is 32.7 Å². The molecule has 4 rings (SSSR count). The van der Waals surface area contributed by atoms with Gasteiger partial charge in [-0.1, -0.05) is 18.2 Å². The minimum Gasteiger partial charge on any atom is -0.467 e. The third kappa shape index (κ3) is 4.00. The largest absolute Gasteiger partial charge is 0.467 e. The number of furan rings is 1. The Labute approximate surface area is 156 Å². The summed E-state index contributed by atoms with van der Waals surface area (Å²) in [5, 5.41) is 7.40. The van der Waals surface area contributed by atoms with Gasteiger partial charge in [-0.2, -0.15) is 0 Å². The summed E-state index contributed by atoms with van der Waals surface area (Å²) < 4.78 is 5.21. The van der Waals surface area contributed by atoms with E-state index >= 15 is 0 Å². The highest BCUT2D eigenvalue weighted by molar-refractivity contribution is 5.93. The number of aromatic amines is 1. The molecule has 1 amide bonds. The second-order valence-corrected chi connectivity index (χ2v) is 6.23. The monoisotopic (exact) mass is 360 g/mol. The van der Waals surface area contributed by atoms with Crippen molar-refractivity contribution in [3.8, 4) is 0 Å². The number of carbonyl (C=O) groups is 1. The summed E-state index contributed by atoms with van der Waals surface area (Å²) in [6.07, 6.45) is 6.15. The number of aromatic nitrogens is 2. The van der Waals surface area contributed by atoms with Crippen molar-refractivity contribution in [2.24, 2.45) is 0 Å². The number of pyridine rings is 1.